The van der Waals surface area contributed by atoms with Gasteiger partial charge in [0.1, 0.15) is 22.8 Å². The van der Waals surface area contributed by atoms with Crippen molar-refractivity contribution in [2.75, 3.05) is 19.0 Å². The maximum Gasteiger partial charge on any atom is 0.460 e. The molecule has 1 amide bonds. The highest BCUT2D eigenvalue weighted by Gasteiger charge is 2.56. The number of nitrogens with zero attached hydrogens (tertiary/aromatic N) is 1. The van der Waals surface area contributed by atoms with Crippen molar-refractivity contribution in [1.82, 2.24) is 0 Å². The summed E-state index contributed by atoms with van der Waals surface area (Å²) in [5, 5.41) is 0. The largest absolute Gasteiger partial charge is 0.494 e. The first-order valence-corrected chi connectivity index (χ1v) is 14.5. The van der Waals surface area contributed by atoms with Crippen molar-refractivity contribution in [2.45, 2.75) is 96.5 Å². The monoisotopic (exact) mass is 519 g/mol. The maximum atomic E-state index is 14.6. The van der Waals surface area contributed by atoms with Gasteiger partial charge in [-0.25, -0.2) is 0 Å². The normalized spacial score (nSPS) is 17.2. The molecule has 0 spiro atoms. The Hall–Kier alpha value is -2.73. The highest BCUT2D eigenvalue weighted by atomic mass is 16.5. The van der Waals surface area contributed by atoms with E-state index in [0.717, 1.165) is 62.4 Å². The van der Waals surface area contributed by atoms with Crippen LogP contribution in [0.3, 0.4) is 0 Å². The number of carbonyl (C=O) groups excluding carboxylic acids is 1. The molecule has 1 aliphatic heterocycles. The summed E-state index contributed by atoms with van der Waals surface area (Å²) in [6, 6.07) is 13.7. The van der Waals surface area contributed by atoms with Gasteiger partial charge in [-0.2, -0.15) is 0 Å². The van der Waals surface area contributed by atoms with Gasteiger partial charge in [-0.3, -0.25) is 4.79 Å². The van der Waals surface area contributed by atoms with Gasteiger partial charge in [-0.1, -0.05) is 121 Å². The van der Waals surface area contributed by atoms with Crippen LogP contribution in [0, 0.1) is 0 Å². The minimum absolute atomic E-state index is 0.00292. The summed E-state index contributed by atoms with van der Waals surface area (Å²) in [7, 11) is 2.68. The second kappa shape index (κ2) is 15.0. The highest BCUT2D eigenvalue weighted by Crippen LogP contribution is 2.45. The van der Waals surface area contributed by atoms with Crippen molar-refractivity contribution in [1.29, 1.82) is 0 Å². The predicted molar refractivity (Wildman–Crippen MR) is 160 cm³/mol. The second-order valence-electron chi connectivity index (χ2n) is 10.4. The van der Waals surface area contributed by atoms with Gasteiger partial charge in [0.05, 0.1) is 14.2 Å². The molecule has 3 rings (SSSR count). The number of para-hydroxylation sites is 1. The van der Waals surface area contributed by atoms with Crippen molar-refractivity contribution in [3.63, 3.8) is 0 Å². The quantitative estimate of drug-likeness (QED) is 0.160. The summed E-state index contributed by atoms with van der Waals surface area (Å²) in [4.78, 5) is 16.4. The molecule has 1 fully saturated rings. The lowest BCUT2D eigenvalue weighted by Crippen LogP contribution is -2.47. The second-order valence-corrected chi connectivity index (χ2v) is 10.4. The van der Waals surface area contributed by atoms with Crippen LogP contribution < -0.4 is 19.7 Å². The molecule has 1 atom stereocenters. The van der Waals surface area contributed by atoms with Crippen molar-refractivity contribution in [3.8, 4) is 11.5 Å². The molecule has 206 valence electrons. The van der Waals surface area contributed by atoms with Crippen LogP contribution in [-0.2, 0) is 9.45 Å². The molecule has 0 radical (unpaired) electrons. The van der Waals surface area contributed by atoms with Crippen LogP contribution in [0.25, 0.3) is 6.08 Å². The molecular formula is C32H46BNO4. The molecule has 1 heterocycles. The van der Waals surface area contributed by atoms with E-state index in [1.165, 1.54) is 25.7 Å². The van der Waals surface area contributed by atoms with Crippen LogP contribution in [0.4, 0.5) is 5.69 Å². The first-order valence-electron chi connectivity index (χ1n) is 14.5. The number of carbonyl (C=O) groups is 1. The van der Waals surface area contributed by atoms with Crippen LogP contribution in [-0.4, -0.2) is 32.8 Å². The van der Waals surface area contributed by atoms with Gasteiger partial charge in [-0.05, 0) is 36.0 Å². The van der Waals surface area contributed by atoms with Gasteiger partial charge < -0.3 is 18.9 Å². The summed E-state index contributed by atoms with van der Waals surface area (Å²) in [6.45, 7) is 8.33. The lowest BCUT2D eigenvalue weighted by atomic mass is 9.71. The molecule has 0 N–H and O–H groups in total. The number of amides is 1. The van der Waals surface area contributed by atoms with Crippen LogP contribution in [0.15, 0.2) is 49.0 Å². The SMILES string of the molecule is C=Cc1ccc(B2OC(CCCCCC)(CCCCCCCC)C(=O)N2c2c(OC)cccc2OC)cc1. The molecular weight excluding hydrogens is 473 g/mol. The molecule has 5 nitrogen and oxygen atoms in total. The molecule has 1 unspecified atom stereocenters. The number of methoxy groups -OCH3 is 2. The molecule has 0 aliphatic carbocycles. The number of unbranched alkanes of at least 4 members (excludes halogenated alkanes) is 8. The van der Waals surface area contributed by atoms with Gasteiger partial charge in [-0.15, -0.1) is 0 Å². The minimum Gasteiger partial charge on any atom is -0.494 e. The zero-order valence-corrected chi connectivity index (χ0v) is 24.0. The van der Waals surface area contributed by atoms with E-state index in [-0.39, 0.29) is 5.91 Å². The van der Waals surface area contributed by atoms with Crippen LogP contribution in [0.5, 0.6) is 11.5 Å². The fraction of sp³-hybridized carbons (Fsp3) is 0.531. The van der Waals surface area contributed by atoms with Crippen molar-refractivity contribution in [3.05, 3.63) is 54.6 Å². The number of ether oxygens (including phenoxy) is 2. The standard InChI is InChI=1S/C32H46BNO4/c1-6-9-11-13-14-16-25-32(24-15-12-10-7-2)31(35)34(30-28(36-4)18-17-19-29(30)37-5)33(38-32)27-22-20-26(8-3)21-23-27/h8,17-23H,3,6-7,9-16,24-25H2,1-2,4-5H3. The molecule has 6 heteroatoms. The third-order valence-electron chi connectivity index (χ3n) is 7.65. The zero-order valence-electron chi connectivity index (χ0n) is 24.0. The summed E-state index contributed by atoms with van der Waals surface area (Å²) >= 11 is 0. The number of rotatable bonds is 17. The highest BCUT2D eigenvalue weighted by molar-refractivity contribution is 6.77. The molecule has 0 saturated carbocycles. The average molecular weight is 520 g/mol. The van der Waals surface area contributed by atoms with Crippen LogP contribution >= 0.6 is 0 Å². The Bertz CT molecular complexity index is 1000. The third kappa shape index (κ3) is 7.02. The average Bonchev–Trinajstić information content (AvgIpc) is 3.24. The zero-order chi connectivity index (χ0) is 27.4. The number of hydrogen-bond acceptors (Lipinski definition) is 4. The molecule has 38 heavy (non-hydrogen) atoms. The van der Waals surface area contributed by atoms with Gasteiger partial charge in [0.25, 0.3) is 0 Å². The number of benzene rings is 2. The third-order valence-corrected chi connectivity index (χ3v) is 7.65. The van der Waals surface area contributed by atoms with Gasteiger partial charge in [0, 0.05) is 0 Å². The molecule has 1 saturated heterocycles. The summed E-state index contributed by atoms with van der Waals surface area (Å²) in [5.74, 6) is 1.19. The summed E-state index contributed by atoms with van der Waals surface area (Å²) in [5.41, 5.74) is 1.71. The summed E-state index contributed by atoms with van der Waals surface area (Å²) in [6.07, 6.45) is 14.7. The Labute approximate surface area is 230 Å². The van der Waals surface area contributed by atoms with E-state index in [0.29, 0.717) is 17.2 Å². The summed E-state index contributed by atoms with van der Waals surface area (Å²) < 4.78 is 18.4. The lowest BCUT2D eigenvalue weighted by molar-refractivity contribution is -0.130. The smallest absolute Gasteiger partial charge is 0.460 e. The first-order chi connectivity index (χ1) is 18.5. The van der Waals surface area contributed by atoms with E-state index in [1.807, 2.05) is 48.5 Å². The van der Waals surface area contributed by atoms with E-state index in [1.54, 1.807) is 19.0 Å². The topological polar surface area (TPSA) is 48.0 Å². The number of hydrogen-bond donors (Lipinski definition) is 0. The fourth-order valence-electron chi connectivity index (χ4n) is 5.43. The van der Waals surface area contributed by atoms with Gasteiger partial charge in [0.2, 0.25) is 5.91 Å². The Balaban J connectivity index is 2.03. The Morgan fingerprint density at radius 2 is 1.37 bits per heavy atom. The first kappa shape index (κ1) is 29.8. The Morgan fingerprint density at radius 3 is 1.89 bits per heavy atom. The molecule has 2 aromatic rings. The Morgan fingerprint density at radius 1 is 0.842 bits per heavy atom. The fourth-order valence-corrected chi connectivity index (χ4v) is 5.43. The maximum absolute atomic E-state index is 14.6. The van der Waals surface area contributed by atoms with Gasteiger partial charge >= 0.3 is 7.05 Å². The van der Waals surface area contributed by atoms with Crippen molar-refractivity contribution >= 4 is 30.2 Å². The molecule has 2 aromatic carbocycles. The molecule has 0 aromatic heterocycles. The Kier molecular flexibility index (Phi) is 11.8. The number of anilines is 1. The van der Waals surface area contributed by atoms with E-state index < -0.39 is 12.7 Å². The van der Waals surface area contributed by atoms with E-state index in [4.69, 9.17) is 14.1 Å². The van der Waals surface area contributed by atoms with Crippen molar-refractivity contribution < 1.29 is 18.9 Å². The van der Waals surface area contributed by atoms with Crippen LogP contribution in [0.1, 0.15) is 96.5 Å². The molecule has 1 aliphatic rings. The van der Waals surface area contributed by atoms with Crippen molar-refractivity contribution in [2.24, 2.45) is 0 Å². The lowest BCUT2D eigenvalue weighted by Gasteiger charge is -2.28. The van der Waals surface area contributed by atoms with Gasteiger partial charge in [0.15, 0.2) is 0 Å². The van der Waals surface area contributed by atoms with Crippen LogP contribution in [0.2, 0.25) is 0 Å². The predicted octanol–water partition coefficient (Wildman–Crippen LogP) is 7.57. The van der Waals surface area contributed by atoms with E-state index >= 15 is 0 Å². The van der Waals surface area contributed by atoms with E-state index in [2.05, 4.69) is 20.4 Å². The molecule has 0 bridgehead atoms. The van der Waals surface area contributed by atoms with E-state index in [9.17, 15) is 4.79 Å². The minimum atomic E-state index is -0.869.